The summed E-state index contributed by atoms with van der Waals surface area (Å²) in [6.45, 7) is 3.62. The molecule has 2 aromatic carbocycles. The number of hydrogen-bond donors (Lipinski definition) is 0. The van der Waals surface area contributed by atoms with Crippen molar-refractivity contribution in [3.63, 3.8) is 0 Å². The predicted octanol–water partition coefficient (Wildman–Crippen LogP) is 3.17. The summed E-state index contributed by atoms with van der Waals surface area (Å²) in [4.78, 5) is 14.7. The molecule has 1 aliphatic heterocycles. The first kappa shape index (κ1) is 20.2. The van der Waals surface area contributed by atoms with Crippen LogP contribution in [0.4, 0.5) is 0 Å². The highest BCUT2D eigenvalue weighted by Crippen LogP contribution is 2.29. The topological polar surface area (TPSA) is 72.9 Å². The molecule has 0 spiro atoms. The van der Waals surface area contributed by atoms with Crippen LogP contribution < -0.4 is 9.47 Å². The molecule has 3 rings (SSSR count). The van der Waals surface area contributed by atoms with Crippen molar-refractivity contribution in [2.45, 2.75) is 30.8 Å². The summed E-state index contributed by atoms with van der Waals surface area (Å²) in [5.41, 5.74) is 0.393. The monoisotopic (exact) mass is 403 g/mol. The number of para-hydroxylation sites is 2. The Morgan fingerprint density at radius 2 is 1.75 bits per heavy atom. The lowest BCUT2D eigenvalue weighted by molar-refractivity contribution is 0.0589. The molecule has 0 N–H and O–H groups in total. The maximum Gasteiger partial charge on any atom is 0.253 e. The van der Waals surface area contributed by atoms with Crippen molar-refractivity contribution in [1.29, 1.82) is 0 Å². The third-order valence-corrected chi connectivity index (χ3v) is 5.79. The number of sulfone groups is 1. The van der Waals surface area contributed by atoms with Crippen LogP contribution in [0.5, 0.6) is 11.5 Å². The van der Waals surface area contributed by atoms with Gasteiger partial charge in [0.25, 0.3) is 5.91 Å². The van der Waals surface area contributed by atoms with Crippen LogP contribution in [-0.4, -0.2) is 51.3 Å². The molecule has 150 valence electrons. The van der Waals surface area contributed by atoms with E-state index >= 15 is 0 Å². The highest BCUT2D eigenvalue weighted by Gasteiger charge is 2.26. The molecule has 1 fully saturated rings. The number of benzene rings is 2. The van der Waals surface area contributed by atoms with Gasteiger partial charge in [-0.2, -0.15) is 0 Å². The third kappa shape index (κ3) is 4.84. The molecule has 0 aliphatic carbocycles. The van der Waals surface area contributed by atoms with Gasteiger partial charge in [0, 0.05) is 37.8 Å². The van der Waals surface area contributed by atoms with Crippen LogP contribution in [-0.2, 0) is 9.84 Å². The number of amides is 1. The van der Waals surface area contributed by atoms with Gasteiger partial charge in [0.1, 0.15) is 6.10 Å². The predicted molar refractivity (Wildman–Crippen MR) is 107 cm³/mol. The highest BCUT2D eigenvalue weighted by molar-refractivity contribution is 7.90. The van der Waals surface area contributed by atoms with E-state index in [-0.39, 0.29) is 16.9 Å². The zero-order chi connectivity index (χ0) is 20.1. The van der Waals surface area contributed by atoms with Crippen molar-refractivity contribution in [2.24, 2.45) is 0 Å². The van der Waals surface area contributed by atoms with Gasteiger partial charge in [-0.05, 0) is 37.3 Å². The van der Waals surface area contributed by atoms with E-state index < -0.39 is 9.84 Å². The fraction of sp³-hybridized carbons (Fsp3) is 0.381. The van der Waals surface area contributed by atoms with Crippen molar-refractivity contribution in [3.8, 4) is 11.5 Å². The molecule has 0 saturated carbocycles. The molecule has 6 nitrogen and oxygen atoms in total. The van der Waals surface area contributed by atoms with Crippen molar-refractivity contribution in [1.82, 2.24) is 4.90 Å². The Morgan fingerprint density at radius 3 is 2.39 bits per heavy atom. The van der Waals surface area contributed by atoms with Gasteiger partial charge in [-0.15, -0.1) is 0 Å². The van der Waals surface area contributed by atoms with Crippen LogP contribution in [0.25, 0.3) is 0 Å². The number of carbonyl (C=O) groups is 1. The number of carbonyl (C=O) groups excluding carboxylic acids is 1. The standard InChI is InChI=1S/C21H25NO5S/c1-3-26-19-9-4-5-10-20(19)27-17-11-13-22(14-12-17)21(23)16-7-6-8-18(15-16)28(2,24)25/h4-10,15,17H,3,11-14H2,1-2H3. The maximum atomic E-state index is 12.8. The quantitative estimate of drug-likeness (QED) is 0.741. The minimum absolute atomic E-state index is 0.00742. The van der Waals surface area contributed by atoms with Crippen LogP contribution in [0.2, 0.25) is 0 Å². The van der Waals surface area contributed by atoms with E-state index in [1.165, 1.54) is 12.1 Å². The number of nitrogens with zero attached hydrogens (tertiary/aromatic N) is 1. The molecule has 1 heterocycles. The smallest absolute Gasteiger partial charge is 0.253 e. The Morgan fingerprint density at radius 1 is 1.07 bits per heavy atom. The Balaban J connectivity index is 1.62. The molecule has 0 aromatic heterocycles. The first-order valence-corrected chi connectivity index (χ1v) is 11.3. The van der Waals surface area contributed by atoms with Crippen LogP contribution in [0.15, 0.2) is 53.4 Å². The minimum Gasteiger partial charge on any atom is -0.490 e. The van der Waals surface area contributed by atoms with Gasteiger partial charge >= 0.3 is 0 Å². The third-order valence-electron chi connectivity index (χ3n) is 4.68. The maximum absolute atomic E-state index is 12.8. The SMILES string of the molecule is CCOc1ccccc1OC1CCN(C(=O)c2cccc(S(C)(=O)=O)c2)CC1. The average Bonchev–Trinajstić information content (AvgIpc) is 2.69. The summed E-state index contributed by atoms with van der Waals surface area (Å²) in [6.07, 6.45) is 2.56. The van der Waals surface area contributed by atoms with Crippen molar-refractivity contribution in [2.75, 3.05) is 26.0 Å². The van der Waals surface area contributed by atoms with E-state index in [0.29, 0.717) is 38.1 Å². The molecule has 0 unspecified atom stereocenters. The van der Waals surface area contributed by atoms with Crippen LogP contribution in [0, 0.1) is 0 Å². The second-order valence-electron chi connectivity index (χ2n) is 6.79. The number of likely N-dealkylation sites (tertiary alicyclic amines) is 1. The summed E-state index contributed by atoms with van der Waals surface area (Å²) in [6, 6.07) is 13.8. The van der Waals surface area contributed by atoms with Crippen LogP contribution in [0.1, 0.15) is 30.1 Å². The number of hydrogen-bond acceptors (Lipinski definition) is 5. The van der Waals surface area contributed by atoms with Gasteiger partial charge in [0.05, 0.1) is 11.5 Å². The van der Waals surface area contributed by atoms with E-state index in [1.807, 2.05) is 31.2 Å². The van der Waals surface area contributed by atoms with E-state index in [4.69, 9.17) is 9.47 Å². The van der Waals surface area contributed by atoms with Crippen molar-refractivity contribution in [3.05, 3.63) is 54.1 Å². The average molecular weight is 404 g/mol. The summed E-state index contributed by atoms with van der Waals surface area (Å²) < 4.78 is 35.1. The van der Waals surface area contributed by atoms with Gasteiger partial charge in [-0.3, -0.25) is 4.79 Å². The summed E-state index contributed by atoms with van der Waals surface area (Å²) in [5.74, 6) is 1.29. The molecule has 1 amide bonds. The Hall–Kier alpha value is -2.54. The fourth-order valence-electron chi connectivity index (χ4n) is 3.22. The molecule has 7 heteroatoms. The molecular weight excluding hydrogens is 378 g/mol. The largest absolute Gasteiger partial charge is 0.490 e. The van der Waals surface area contributed by atoms with Crippen molar-refractivity contribution >= 4 is 15.7 Å². The Labute approximate surface area is 166 Å². The number of piperidine rings is 1. The molecular formula is C21H25NO5S. The second-order valence-corrected chi connectivity index (χ2v) is 8.80. The van der Waals surface area contributed by atoms with Gasteiger partial charge in [0.2, 0.25) is 0 Å². The lowest BCUT2D eigenvalue weighted by Crippen LogP contribution is -2.41. The zero-order valence-corrected chi connectivity index (χ0v) is 16.9. The number of ether oxygens (including phenoxy) is 2. The van der Waals surface area contributed by atoms with Gasteiger partial charge in [-0.1, -0.05) is 18.2 Å². The van der Waals surface area contributed by atoms with Crippen LogP contribution in [0.3, 0.4) is 0 Å². The fourth-order valence-corrected chi connectivity index (χ4v) is 3.89. The van der Waals surface area contributed by atoms with E-state index in [2.05, 4.69) is 0 Å². The van der Waals surface area contributed by atoms with Gasteiger partial charge in [0.15, 0.2) is 21.3 Å². The van der Waals surface area contributed by atoms with Gasteiger partial charge < -0.3 is 14.4 Å². The molecule has 0 radical (unpaired) electrons. The second kappa shape index (κ2) is 8.65. The van der Waals surface area contributed by atoms with E-state index in [9.17, 15) is 13.2 Å². The molecule has 2 aromatic rings. The zero-order valence-electron chi connectivity index (χ0n) is 16.1. The first-order valence-electron chi connectivity index (χ1n) is 9.36. The van der Waals surface area contributed by atoms with Crippen molar-refractivity contribution < 1.29 is 22.7 Å². The molecule has 0 bridgehead atoms. The molecule has 1 saturated heterocycles. The first-order chi connectivity index (χ1) is 13.4. The lowest BCUT2D eigenvalue weighted by Gasteiger charge is -2.32. The summed E-state index contributed by atoms with van der Waals surface area (Å²) in [7, 11) is -3.34. The molecule has 0 atom stereocenters. The minimum atomic E-state index is -3.34. The molecule has 1 aliphatic rings. The Bertz CT molecular complexity index is 933. The van der Waals surface area contributed by atoms with Crippen LogP contribution >= 0.6 is 0 Å². The number of rotatable bonds is 6. The summed E-state index contributed by atoms with van der Waals surface area (Å²) in [5, 5.41) is 0. The molecule has 28 heavy (non-hydrogen) atoms. The van der Waals surface area contributed by atoms with E-state index in [1.54, 1.807) is 17.0 Å². The highest BCUT2D eigenvalue weighted by atomic mass is 32.2. The lowest BCUT2D eigenvalue weighted by atomic mass is 10.1. The van der Waals surface area contributed by atoms with Gasteiger partial charge in [-0.25, -0.2) is 8.42 Å². The summed E-state index contributed by atoms with van der Waals surface area (Å²) >= 11 is 0. The van der Waals surface area contributed by atoms with E-state index in [0.717, 1.165) is 17.8 Å². The normalized spacial score (nSPS) is 15.3. The Kier molecular flexibility index (Phi) is 6.24.